The molecule has 0 bridgehead atoms. The molecule has 0 saturated heterocycles. The van der Waals surface area contributed by atoms with Crippen LogP contribution in [0.25, 0.3) is 12.2 Å². The lowest BCUT2D eigenvalue weighted by molar-refractivity contribution is -0.110. The molecule has 0 aliphatic carbocycles. The molecule has 0 unspecified atom stereocenters. The number of rotatable bonds is 11. The monoisotopic (exact) mass is 524 g/mol. The van der Waals surface area contributed by atoms with Crippen molar-refractivity contribution in [2.24, 2.45) is 0 Å². The maximum Gasteiger partial charge on any atom is 0.523 e. The molecule has 2 aromatic rings. The van der Waals surface area contributed by atoms with Gasteiger partial charge in [0.25, 0.3) is 0 Å². The predicted molar refractivity (Wildman–Crippen MR) is 135 cm³/mol. The van der Waals surface area contributed by atoms with E-state index in [1.165, 1.54) is 17.1 Å². The van der Waals surface area contributed by atoms with Gasteiger partial charge in [0.1, 0.15) is 5.76 Å². The number of nitrogens with zero attached hydrogens (tertiary/aromatic N) is 2. The first-order valence-corrected chi connectivity index (χ1v) is 12.0. The van der Waals surface area contributed by atoms with Gasteiger partial charge in [-0.2, -0.15) is 21.6 Å². The zero-order valence-corrected chi connectivity index (χ0v) is 20.8. The van der Waals surface area contributed by atoms with Crippen LogP contribution in [0.1, 0.15) is 11.1 Å². The van der Waals surface area contributed by atoms with Gasteiger partial charge in [0.15, 0.2) is 5.78 Å². The Hall–Kier alpha value is -3.57. The van der Waals surface area contributed by atoms with Crippen molar-refractivity contribution in [2.75, 3.05) is 44.1 Å². The van der Waals surface area contributed by atoms with Crippen LogP contribution in [0.3, 0.4) is 0 Å². The van der Waals surface area contributed by atoms with Crippen LogP contribution >= 0.6 is 0 Å². The number of aliphatic hydroxyl groups excluding tert-OH is 1. The second kappa shape index (κ2) is 12.4. The summed E-state index contributed by atoms with van der Waals surface area (Å²) in [5, 5.41) is 9.98. The fraction of sp³-hybridized carbons (Fsp3) is 0.240. The minimum Gasteiger partial charge on any atom is -0.508 e. The van der Waals surface area contributed by atoms with Gasteiger partial charge in [0.2, 0.25) is 0 Å². The minimum absolute atomic E-state index is 0.0969. The molecule has 7 nitrogen and oxygen atoms in total. The van der Waals surface area contributed by atoms with Crippen molar-refractivity contribution in [3.8, 4) is 0 Å². The van der Waals surface area contributed by atoms with E-state index in [2.05, 4.69) is 4.18 Å². The Balaban J connectivity index is 1.89. The molecule has 194 valence electrons. The van der Waals surface area contributed by atoms with Crippen LogP contribution in [0, 0.1) is 0 Å². The van der Waals surface area contributed by atoms with E-state index in [1.807, 2.05) is 43.3 Å². The lowest BCUT2D eigenvalue weighted by Gasteiger charge is -2.19. The quantitative estimate of drug-likeness (QED) is 0.149. The number of hydrogen-bond donors (Lipinski definition) is 1. The molecule has 2 rings (SSSR count). The van der Waals surface area contributed by atoms with Crippen molar-refractivity contribution in [3.05, 3.63) is 83.6 Å². The SMILES string of the molecule is CN(C)c1ccc(/C=C/C(O)=C/C(=O)/C=C/c2ccc(N(C)CCOS(=O)(=O)C(F)(F)F)cc2)cc1. The molecule has 0 aromatic heterocycles. The molecule has 2 aromatic carbocycles. The zero-order valence-electron chi connectivity index (χ0n) is 19.9. The first kappa shape index (κ1) is 28.7. The van der Waals surface area contributed by atoms with E-state index in [1.54, 1.807) is 43.5 Å². The van der Waals surface area contributed by atoms with E-state index >= 15 is 0 Å². The Kier molecular flexibility index (Phi) is 9.88. The van der Waals surface area contributed by atoms with Gasteiger partial charge in [-0.05, 0) is 47.5 Å². The first-order chi connectivity index (χ1) is 16.8. The molecule has 0 amide bonds. The maximum absolute atomic E-state index is 12.3. The maximum atomic E-state index is 12.3. The van der Waals surface area contributed by atoms with Crippen LogP contribution in [-0.2, 0) is 19.1 Å². The summed E-state index contributed by atoms with van der Waals surface area (Å²) in [6.07, 6.45) is 7.01. The van der Waals surface area contributed by atoms with Crippen LogP contribution in [0.15, 0.2) is 72.5 Å². The lowest BCUT2D eigenvalue weighted by atomic mass is 10.1. The second-order valence-electron chi connectivity index (χ2n) is 7.86. The Bertz CT molecular complexity index is 1220. The summed E-state index contributed by atoms with van der Waals surface area (Å²) in [7, 11) is -0.192. The first-order valence-electron chi connectivity index (χ1n) is 10.6. The highest BCUT2D eigenvalue weighted by molar-refractivity contribution is 7.87. The largest absolute Gasteiger partial charge is 0.523 e. The van der Waals surface area contributed by atoms with Gasteiger partial charge >= 0.3 is 15.6 Å². The summed E-state index contributed by atoms with van der Waals surface area (Å²) >= 11 is 0. The molecule has 0 spiro atoms. The molecular weight excluding hydrogens is 497 g/mol. The number of benzene rings is 2. The third-order valence-corrected chi connectivity index (χ3v) is 5.91. The fourth-order valence-electron chi connectivity index (χ4n) is 2.81. The molecule has 0 radical (unpaired) electrons. The molecular formula is C25H27F3N2O5S. The van der Waals surface area contributed by atoms with Gasteiger partial charge in [-0.1, -0.05) is 36.4 Å². The number of aliphatic hydroxyl groups is 1. The highest BCUT2D eigenvalue weighted by Gasteiger charge is 2.47. The van der Waals surface area contributed by atoms with Gasteiger partial charge in [-0.25, -0.2) is 0 Å². The van der Waals surface area contributed by atoms with E-state index in [4.69, 9.17) is 0 Å². The van der Waals surface area contributed by atoms with Crippen molar-refractivity contribution in [2.45, 2.75) is 5.51 Å². The van der Waals surface area contributed by atoms with Crippen LogP contribution in [0.2, 0.25) is 0 Å². The van der Waals surface area contributed by atoms with Crippen molar-refractivity contribution < 1.29 is 35.7 Å². The van der Waals surface area contributed by atoms with Crippen molar-refractivity contribution in [1.29, 1.82) is 0 Å². The molecule has 36 heavy (non-hydrogen) atoms. The lowest BCUT2D eigenvalue weighted by Crippen LogP contribution is -2.29. The summed E-state index contributed by atoms with van der Waals surface area (Å²) in [6, 6.07) is 14.3. The van der Waals surface area contributed by atoms with E-state index in [0.29, 0.717) is 11.3 Å². The number of halogens is 3. The average molecular weight is 525 g/mol. The number of allylic oxidation sites excluding steroid dienone is 3. The Morgan fingerprint density at radius 3 is 1.92 bits per heavy atom. The highest BCUT2D eigenvalue weighted by atomic mass is 32.2. The number of ketones is 1. The van der Waals surface area contributed by atoms with Crippen LogP contribution in [0.5, 0.6) is 0 Å². The number of carbonyl (C=O) groups excluding carboxylic acids is 1. The van der Waals surface area contributed by atoms with Gasteiger partial charge in [0, 0.05) is 45.1 Å². The number of hydrogen-bond acceptors (Lipinski definition) is 7. The predicted octanol–water partition coefficient (Wildman–Crippen LogP) is 4.79. The molecule has 0 heterocycles. The summed E-state index contributed by atoms with van der Waals surface area (Å²) in [6.45, 7) is -0.763. The van der Waals surface area contributed by atoms with Crippen molar-refractivity contribution in [3.63, 3.8) is 0 Å². The minimum atomic E-state index is -5.63. The van der Waals surface area contributed by atoms with E-state index in [0.717, 1.165) is 17.3 Å². The highest BCUT2D eigenvalue weighted by Crippen LogP contribution is 2.24. The molecule has 0 atom stereocenters. The number of anilines is 2. The zero-order chi connectivity index (χ0) is 26.9. The van der Waals surface area contributed by atoms with Crippen molar-refractivity contribution >= 4 is 39.4 Å². The third-order valence-electron chi connectivity index (χ3n) is 4.87. The standard InChI is InChI=1S/C25H27F3N2O5S/c1-29(2)21-10-4-19(5-11-21)8-14-23(31)18-24(32)15-9-20-6-12-22(13-7-20)30(3)16-17-35-36(33,34)25(26,27)28/h4-15,18,31H,16-17H2,1-3H3/b14-8+,15-9+,23-18-. The summed E-state index contributed by atoms with van der Waals surface area (Å²) in [4.78, 5) is 15.6. The third kappa shape index (κ3) is 8.90. The number of alkyl halides is 3. The topological polar surface area (TPSA) is 87.2 Å². The normalized spacial score (nSPS) is 12.9. The van der Waals surface area contributed by atoms with Gasteiger partial charge in [-0.15, -0.1) is 0 Å². The number of carbonyl (C=O) groups is 1. The van der Waals surface area contributed by atoms with Gasteiger partial charge in [-0.3, -0.25) is 8.98 Å². The molecule has 1 N–H and O–H groups in total. The van der Waals surface area contributed by atoms with Gasteiger partial charge < -0.3 is 14.9 Å². The number of likely N-dealkylation sites (N-methyl/N-ethyl adjacent to an activating group) is 1. The Morgan fingerprint density at radius 2 is 1.42 bits per heavy atom. The van der Waals surface area contributed by atoms with Crippen LogP contribution < -0.4 is 9.80 Å². The van der Waals surface area contributed by atoms with Crippen molar-refractivity contribution in [1.82, 2.24) is 0 Å². The molecule has 11 heteroatoms. The Morgan fingerprint density at radius 1 is 0.917 bits per heavy atom. The van der Waals surface area contributed by atoms with Gasteiger partial charge in [0.05, 0.1) is 6.61 Å². The molecule has 0 fully saturated rings. The second-order valence-corrected chi connectivity index (χ2v) is 9.47. The van der Waals surface area contributed by atoms with Crippen LogP contribution in [-0.4, -0.2) is 59.1 Å². The molecule has 0 aliphatic heterocycles. The average Bonchev–Trinajstić information content (AvgIpc) is 2.81. The van der Waals surface area contributed by atoms with E-state index < -0.39 is 28.0 Å². The van der Waals surface area contributed by atoms with Crippen LogP contribution in [0.4, 0.5) is 24.5 Å². The fourth-order valence-corrected chi connectivity index (χ4v) is 3.23. The Labute approximate surface area is 208 Å². The molecule has 0 aliphatic rings. The van der Waals surface area contributed by atoms with E-state index in [-0.39, 0.29) is 12.3 Å². The van der Waals surface area contributed by atoms with E-state index in [9.17, 15) is 31.5 Å². The molecule has 0 saturated carbocycles. The smallest absolute Gasteiger partial charge is 0.508 e. The summed E-state index contributed by atoms with van der Waals surface area (Å²) in [5.41, 5.74) is -2.29. The summed E-state index contributed by atoms with van der Waals surface area (Å²) in [5.74, 6) is -0.627. The summed E-state index contributed by atoms with van der Waals surface area (Å²) < 4.78 is 62.7.